The van der Waals surface area contributed by atoms with E-state index in [-0.39, 0.29) is 11.8 Å². The Labute approximate surface area is 186 Å². The van der Waals surface area contributed by atoms with Crippen molar-refractivity contribution in [3.8, 4) is 0 Å². The van der Waals surface area contributed by atoms with Crippen molar-refractivity contribution in [3.05, 3.63) is 45.6 Å². The Balaban J connectivity index is 1.65. The molecule has 1 unspecified atom stereocenters. The van der Waals surface area contributed by atoms with Gasteiger partial charge in [-0.3, -0.25) is 15.5 Å². The van der Waals surface area contributed by atoms with Crippen LogP contribution in [0.4, 0.5) is 11.4 Å². The summed E-state index contributed by atoms with van der Waals surface area (Å²) < 4.78 is 0.595. The molecule has 0 aliphatic carbocycles. The predicted octanol–water partition coefficient (Wildman–Crippen LogP) is 5.00. The Morgan fingerprint density at radius 2 is 1.97 bits per heavy atom. The maximum absolute atomic E-state index is 12.9. The number of amides is 1. The fraction of sp³-hybridized carbons (Fsp3) is 0.455. The molecule has 1 aliphatic rings. The number of hydrogen-bond acceptors (Lipinski definition) is 5. The lowest BCUT2D eigenvalue weighted by Gasteiger charge is -2.29. The average molecular weight is 449 g/mol. The van der Waals surface area contributed by atoms with E-state index in [1.54, 1.807) is 12.1 Å². The molecule has 6 nitrogen and oxygen atoms in total. The van der Waals surface area contributed by atoms with Crippen molar-refractivity contribution in [2.24, 2.45) is 5.92 Å². The molecule has 2 heterocycles. The van der Waals surface area contributed by atoms with Crippen LogP contribution in [0.25, 0.3) is 0 Å². The van der Waals surface area contributed by atoms with Crippen LogP contribution in [-0.4, -0.2) is 29.4 Å². The van der Waals surface area contributed by atoms with E-state index in [1.165, 1.54) is 11.3 Å². The van der Waals surface area contributed by atoms with E-state index >= 15 is 0 Å². The monoisotopic (exact) mass is 448 g/mol. The van der Waals surface area contributed by atoms with Crippen LogP contribution in [0.2, 0.25) is 4.34 Å². The van der Waals surface area contributed by atoms with Crippen molar-refractivity contribution >= 4 is 46.1 Å². The summed E-state index contributed by atoms with van der Waals surface area (Å²) >= 11 is 7.24. The number of rotatable bonds is 8. The third-order valence-corrected chi connectivity index (χ3v) is 6.35. The van der Waals surface area contributed by atoms with Crippen molar-refractivity contribution < 1.29 is 9.90 Å². The Morgan fingerprint density at radius 3 is 2.57 bits per heavy atom. The highest BCUT2D eigenvalue weighted by Gasteiger charge is 2.24. The highest BCUT2D eigenvalue weighted by molar-refractivity contribution is 7.16. The fourth-order valence-corrected chi connectivity index (χ4v) is 4.55. The molecule has 0 spiro atoms. The molecule has 1 aliphatic heterocycles. The van der Waals surface area contributed by atoms with Crippen LogP contribution in [-0.2, 0) is 4.79 Å². The maximum Gasteiger partial charge on any atom is 0.241 e. The molecule has 1 fully saturated rings. The number of amidine groups is 1. The van der Waals surface area contributed by atoms with Gasteiger partial charge in [0.1, 0.15) is 12.1 Å². The standard InChI is InChI=1S/C22H29ClN4O2S/c1-14(2)13-17(26-22(29)18-10-11-19(23)30-18)21(28)25-15-6-8-16(9-7-15)27-12-4-3-5-20(27)24/h6-11,14,17,22,24,26,29H,3-5,12-13H2,1-2H3,(H,25,28)/t17-,22?/m1/s1. The first-order valence-corrected chi connectivity index (χ1v) is 11.5. The highest BCUT2D eigenvalue weighted by Crippen LogP contribution is 2.27. The van der Waals surface area contributed by atoms with E-state index in [0.29, 0.717) is 27.2 Å². The number of carbonyl (C=O) groups excluding carboxylic acids is 1. The van der Waals surface area contributed by atoms with Gasteiger partial charge >= 0.3 is 0 Å². The number of benzene rings is 1. The van der Waals surface area contributed by atoms with Crippen molar-refractivity contribution in [2.75, 3.05) is 16.8 Å². The second-order valence-corrected chi connectivity index (χ2v) is 9.73. The van der Waals surface area contributed by atoms with Crippen molar-refractivity contribution in [1.82, 2.24) is 5.32 Å². The van der Waals surface area contributed by atoms with Crippen molar-refractivity contribution in [3.63, 3.8) is 0 Å². The van der Waals surface area contributed by atoms with Crippen LogP contribution >= 0.6 is 22.9 Å². The number of aliphatic hydroxyl groups is 1. The van der Waals surface area contributed by atoms with Gasteiger partial charge < -0.3 is 15.3 Å². The van der Waals surface area contributed by atoms with Gasteiger partial charge in [0.15, 0.2) is 0 Å². The molecular formula is C22H29ClN4O2S. The van der Waals surface area contributed by atoms with E-state index in [4.69, 9.17) is 17.0 Å². The van der Waals surface area contributed by atoms with Gasteiger partial charge in [-0.25, -0.2) is 0 Å². The van der Waals surface area contributed by atoms with Crippen LogP contribution < -0.4 is 15.5 Å². The van der Waals surface area contributed by atoms with Gasteiger partial charge in [0.05, 0.1) is 10.4 Å². The Kier molecular flexibility index (Phi) is 7.88. The van der Waals surface area contributed by atoms with E-state index in [1.807, 2.05) is 43.0 Å². The number of nitrogens with zero attached hydrogens (tertiary/aromatic N) is 1. The van der Waals surface area contributed by atoms with Crippen molar-refractivity contribution in [1.29, 1.82) is 5.41 Å². The van der Waals surface area contributed by atoms with Gasteiger partial charge in [-0.2, -0.15) is 0 Å². The minimum atomic E-state index is -0.954. The SMILES string of the molecule is CC(C)C[C@@H](NC(O)c1ccc(Cl)s1)C(=O)Nc1ccc(N2CCCCC2=N)cc1. The Hall–Kier alpha value is -1.93. The number of carbonyl (C=O) groups is 1. The van der Waals surface area contributed by atoms with Gasteiger partial charge in [0.25, 0.3) is 0 Å². The number of thiophene rings is 1. The second-order valence-electron chi connectivity index (χ2n) is 7.98. The summed E-state index contributed by atoms with van der Waals surface area (Å²) in [6.45, 7) is 4.94. The largest absolute Gasteiger partial charge is 0.373 e. The molecule has 0 bridgehead atoms. The summed E-state index contributed by atoms with van der Waals surface area (Å²) in [7, 11) is 0. The maximum atomic E-state index is 12.9. The molecule has 0 radical (unpaired) electrons. The van der Waals surface area contributed by atoms with Gasteiger partial charge in [0, 0.05) is 29.2 Å². The average Bonchev–Trinajstić information content (AvgIpc) is 3.15. The van der Waals surface area contributed by atoms with Crippen molar-refractivity contribution in [2.45, 2.75) is 51.8 Å². The number of halogens is 1. The zero-order valence-corrected chi connectivity index (χ0v) is 18.9. The molecule has 3 rings (SSSR count). The smallest absolute Gasteiger partial charge is 0.241 e. The quantitative estimate of drug-likeness (QED) is 0.428. The fourth-order valence-electron chi connectivity index (χ4n) is 3.54. The lowest BCUT2D eigenvalue weighted by Crippen LogP contribution is -2.43. The zero-order chi connectivity index (χ0) is 21.7. The van der Waals surface area contributed by atoms with Crippen LogP contribution in [0.3, 0.4) is 0 Å². The molecule has 30 heavy (non-hydrogen) atoms. The molecule has 1 aromatic heterocycles. The van der Waals surface area contributed by atoms with Crippen LogP contribution in [0.15, 0.2) is 36.4 Å². The van der Waals surface area contributed by atoms with Crippen LogP contribution in [0.1, 0.15) is 50.6 Å². The Bertz CT molecular complexity index is 868. The molecule has 2 atom stereocenters. The summed E-state index contributed by atoms with van der Waals surface area (Å²) in [5, 5.41) is 24.6. The normalized spacial score (nSPS) is 16.6. The number of aliphatic hydroxyl groups excluding tert-OH is 1. The van der Waals surface area contributed by atoms with Gasteiger partial charge in [-0.05, 0) is 61.6 Å². The molecule has 0 saturated carbocycles. The molecule has 162 valence electrons. The molecule has 1 aromatic carbocycles. The molecule has 2 aromatic rings. The highest BCUT2D eigenvalue weighted by atomic mass is 35.5. The molecule has 8 heteroatoms. The Morgan fingerprint density at radius 1 is 1.23 bits per heavy atom. The topological polar surface area (TPSA) is 88.4 Å². The third-order valence-electron chi connectivity index (χ3n) is 5.06. The summed E-state index contributed by atoms with van der Waals surface area (Å²) in [4.78, 5) is 15.6. The molecule has 4 N–H and O–H groups in total. The summed E-state index contributed by atoms with van der Waals surface area (Å²) in [6, 6.07) is 10.5. The lowest BCUT2D eigenvalue weighted by atomic mass is 10.0. The van der Waals surface area contributed by atoms with E-state index in [2.05, 4.69) is 10.6 Å². The number of hydrogen-bond donors (Lipinski definition) is 4. The minimum absolute atomic E-state index is 0.191. The van der Waals surface area contributed by atoms with E-state index in [0.717, 1.165) is 31.5 Å². The first-order chi connectivity index (χ1) is 14.3. The molecule has 1 amide bonds. The summed E-state index contributed by atoms with van der Waals surface area (Å²) in [5.74, 6) is 0.727. The van der Waals surface area contributed by atoms with Gasteiger partial charge in [-0.15, -0.1) is 11.3 Å². The first kappa shape index (κ1) is 22.7. The number of nitrogens with one attached hydrogen (secondary N) is 3. The number of piperidine rings is 1. The van der Waals surface area contributed by atoms with E-state index < -0.39 is 12.3 Å². The van der Waals surface area contributed by atoms with Gasteiger partial charge in [-0.1, -0.05) is 25.4 Å². The van der Waals surface area contributed by atoms with Crippen LogP contribution in [0.5, 0.6) is 0 Å². The minimum Gasteiger partial charge on any atom is -0.373 e. The first-order valence-electron chi connectivity index (χ1n) is 10.3. The molecule has 1 saturated heterocycles. The third kappa shape index (κ3) is 6.04. The number of anilines is 2. The zero-order valence-electron chi connectivity index (χ0n) is 17.3. The second kappa shape index (κ2) is 10.4. The lowest BCUT2D eigenvalue weighted by molar-refractivity contribution is -0.119. The molecular weight excluding hydrogens is 420 g/mol. The predicted molar refractivity (Wildman–Crippen MR) is 125 cm³/mol. The summed E-state index contributed by atoms with van der Waals surface area (Å²) in [6.07, 6.45) is 2.59. The van der Waals surface area contributed by atoms with E-state index in [9.17, 15) is 9.90 Å². The van der Waals surface area contributed by atoms with Crippen LogP contribution in [0, 0.1) is 11.3 Å². The van der Waals surface area contributed by atoms with Gasteiger partial charge in [0.2, 0.25) is 5.91 Å². The summed E-state index contributed by atoms with van der Waals surface area (Å²) in [5.41, 5.74) is 1.66.